The van der Waals surface area contributed by atoms with E-state index in [0.717, 1.165) is 5.56 Å². The van der Waals surface area contributed by atoms with Gasteiger partial charge in [0.2, 0.25) is 5.91 Å². The second kappa shape index (κ2) is 7.53. The molecule has 5 heteroatoms. The predicted octanol–water partition coefficient (Wildman–Crippen LogP) is 1.34. The normalized spacial score (nSPS) is 10.5. The Kier molecular flexibility index (Phi) is 6.02. The van der Waals surface area contributed by atoms with Crippen molar-refractivity contribution < 1.29 is 14.7 Å². The van der Waals surface area contributed by atoms with Crippen molar-refractivity contribution in [1.29, 1.82) is 0 Å². The number of aromatic carboxylic acids is 1. The Labute approximate surface area is 113 Å². The summed E-state index contributed by atoms with van der Waals surface area (Å²) < 4.78 is 0. The molecule has 0 aliphatic carbocycles. The maximum atomic E-state index is 11.6. The molecule has 0 unspecified atom stereocenters. The van der Waals surface area contributed by atoms with E-state index in [1.165, 1.54) is 0 Å². The van der Waals surface area contributed by atoms with Gasteiger partial charge in [-0.15, -0.1) is 0 Å². The molecule has 1 rings (SSSR count). The molecular formula is C14H20N2O3. The Bertz CT molecular complexity index is 446. The predicted molar refractivity (Wildman–Crippen MR) is 73.0 cm³/mol. The molecule has 5 nitrogen and oxygen atoms in total. The zero-order valence-corrected chi connectivity index (χ0v) is 11.3. The second-order valence-corrected chi connectivity index (χ2v) is 4.22. The fourth-order valence-electron chi connectivity index (χ4n) is 1.84. The lowest BCUT2D eigenvalue weighted by molar-refractivity contribution is -0.122. The molecular weight excluding hydrogens is 244 g/mol. The van der Waals surface area contributed by atoms with E-state index in [4.69, 9.17) is 5.11 Å². The number of carboxylic acid groups (broad SMARTS) is 1. The minimum Gasteiger partial charge on any atom is -0.478 e. The van der Waals surface area contributed by atoms with Gasteiger partial charge in [0.15, 0.2) is 0 Å². The van der Waals surface area contributed by atoms with E-state index >= 15 is 0 Å². The Hall–Kier alpha value is -1.88. The Morgan fingerprint density at radius 2 is 1.95 bits per heavy atom. The van der Waals surface area contributed by atoms with Crippen LogP contribution in [-0.2, 0) is 11.3 Å². The summed E-state index contributed by atoms with van der Waals surface area (Å²) in [4.78, 5) is 24.6. The second-order valence-electron chi connectivity index (χ2n) is 4.22. The molecule has 0 heterocycles. The van der Waals surface area contributed by atoms with Crippen LogP contribution in [0.25, 0.3) is 0 Å². The number of nitrogens with zero attached hydrogens (tertiary/aromatic N) is 1. The highest BCUT2D eigenvalue weighted by atomic mass is 16.4. The van der Waals surface area contributed by atoms with E-state index in [1.807, 2.05) is 24.8 Å². The highest BCUT2D eigenvalue weighted by Crippen LogP contribution is 2.11. The molecule has 0 radical (unpaired) electrons. The summed E-state index contributed by atoms with van der Waals surface area (Å²) in [5.74, 6) is -0.984. The van der Waals surface area contributed by atoms with Crippen LogP contribution in [0.5, 0.6) is 0 Å². The maximum Gasteiger partial charge on any atom is 0.336 e. The van der Waals surface area contributed by atoms with Crippen molar-refractivity contribution in [3.8, 4) is 0 Å². The maximum absolute atomic E-state index is 11.6. The number of benzene rings is 1. The monoisotopic (exact) mass is 264 g/mol. The average molecular weight is 264 g/mol. The van der Waals surface area contributed by atoms with E-state index in [9.17, 15) is 9.59 Å². The Morgan fingerprint density at radius 3 is 2.53 bits per heavy atom. The van der Waals surface area contributed by atoms with Crippen LogP contribution >= 0.6 is 0 Å². The van der Waals surface area contributed by atoms with Gasteiger partial charge >= 0.3 is 5.97 Å². The number of likely N-dealkylation sites (N-methyl/N-ethyl adjacent to an activating group) is 2. The topological polar surface area (TPSA) is 69.6 Å². The fraction of sp³-hybridized carbons (Fsp3) is 0.429. The Morgan fingerprint density at radius 1 is 1.26 bits per heavy atom. The zero-order valence-electron chi connectivity index (χ0n) is 11.3. The average Bonchev–Trinajstić information content (AvgIpc) is 2.38. The molecule has 0 bridgehead atoms. The van der Waals surface area contributed by atoms with Gasteiger partial charge in [0, 0.05) is 13.1 Å². The van der Waals surface area contributed by atoms with Crippen LogP contribution in [0.1, 0.15) is 29.8 Å². The number of carbonyl (C=O) groups is 2. The SMILES string of the molecule is CCNC(=O)CN(CC)Cc1ccccc1C(=O)O. The molecule has 19 heavy (non-hydrogen) atoms. The van der Waals surface area contributed by atoms with Crippen molar-refractivity contribution in [2.45, 2.75) is 20.4 Å². The van der Waals surface area contributed by atoms with Gasteiger partial charge in [0.25, 0.3) is 0 Å². The molecule has 1 aromatic carbocycles. The fourth-order valence-corrected chi connectivity index (χ4v) is 1.84. The lowest BCUT2D eigenvalue weighted by atomic mass is 10.1. The molecule has 0 saturated carbocycles. The lowest BCUT2D eigenvalue weighted by Crippen LogP contribution is -2.36. The summed E-state index contributed by atoms with van der Waals surface area (Å²) in [5.41, 5.74) is 1.01. The molecule has 2 N–H and O–H groups in total. The summed E-state index contributed by atoms with van der Waals surface area (Å²) in [6.07, 6.45) is 0. The minimum atomic E-state index is -0.940. The molecule has 0 saturated heterocycles. The van der Waals surface area contributed by atoms with Gasteiger partial charge in [-0.2, -0.15) is 0 Å². The molecule has 0 aromatic heterocycles. The van der Waals surface area contributed by atoms with Crippen molar-refractivity contribution in [2.24, 2.45) is 0 Å². The van der Waals surface area contributed by atoms with Crippen molar-refractivity contribution >= 4 is 11.9 Å². The van der Waals surface area contributed by atoms with E-state index in [-0.39, 0.29) is 18.0 Å². The first kappa shape index (κ1) is 15.2. The van der Waals surface area contributed by atoms with Crippen LogP contribution in [0.4, 0.5) is 0 Å². The molecule has 104 valence electrons. The molecule has 1 amide bonds. The number of carbonyl (C=O) groups excluding carboxylic acids is 1. The van der Waals surface area contributed by atoms with E-state index in [1.54, 1.807) is 18.2 Å². The third-order valence-electron chi connectivity index (χ3n) is 2.83. The molecule has 0 aliphatic heterocycles. The first-order chi connectivity index (χ1) is 9.08. The van der Waals surface area contributed by atoms with Crippen LogP contribution in [0.15, 0.2) is 24.3 Å². The van der Waals surface area contributed by atoms with Gasteiger partial charge in [-0.25, -0.2) is 4.79 Å². The quantitative estimate of drug-likeness (QED) is 0.780. The summed E-state index contributed by atoms with van der Waals surface area (Å²) >= 11 is 0. The number of hydrogen-bond donors (Lipinski definition) is 2. The highest BCUT2D eigenvalue weighted by Gasteiger charge is 2.14. The van der Waals surface area contributed by atoms with Crippen molar-refractivity contribution in [2.75, 3.05) is 19.6 Å². The largest absolute Gasteiger partial charge is 0.478 e. The first-order valence-corrected chi connectivity index (χ1v) is 6.38. The lowest BCUT2D eigenvalue weighted by Gasteiger charge is -2.20. The van der Waals surface area contributed by atoms with Gasteiger partial charge < -0.3 is 10.4 Å². The third-order valence-corrected chi connectivity index (χ3v) is 2.83. The van der Waals surface area contributed by atoms with Crippen LogP contribution in [-0.4, -0.2) is 41.5 Å². The van der Waals surface area contributed by atoms with E-state index in [2.05, 4.69) is 5.32 Å². The number of hydrogen-bond acceptors (Lipinski definition) is 3. The van der Waals surface area contributed by atoms with Crippen molar-refractivity contribution in [3.05, 3.63) is 35.4 Å². The smallest absolute Gasteiger partial charge is 0.336 e. The minimum absolute atomic E-state index is 0.0443. The van der Waals surface area contributed by atoms with Gasteiger partial charge in [-0.1, -0.05) is 25.1 Å². The van der Waals surface area contributed by atoms with Gasteiger partial charge in [-0.3, -0.25) is 9.69 Å². The van der Waals surface area contributed by atoms with Crippen LogP contribution in [0.3, 0.4) is 0 Å². The van der Waals surface area contributed by atoms with Crippen molar-refractivity contribution in [1.82, 2.24) is 10.2 Å². The number of amides is 1. The summed E-state index contributed by atoms with van der Waals surface area (Å²) in [7, 11) is 0. The summed E-state index contributed by atoms with van der Waals surface area (Å²) in [6.45, 7) is 5.83. The molecule has 0 aliphatic rings. The third kappa shape index (κ3) is 4.71. The summed E-state index contributed by atoms with van der Waals surface area (Å²) in [6, 6.07) is 6.87. The van der Waals surface area contributed by atoms with E-state index in [0.29, 0.717) is 19.6 Å². The first-order valence-electron chi connectivity index (χ1n) is 6.38. The van der Waals surface area contributed by atoms with Crippen LogP contribution < -0.4 is 5.32 Å². The van der Waals surface area contributed by atoms with Crippen LogP contribution in [0.2, 0.25) is 0 Å². The summed E-state index contributed by atoms with van der Waals surface area (Å²) in [5, 5.41) is 11.9. The molecule has 0 fully saturated rings. The van der Waals surface area contributed by atoms with Gasteiger partial charge in [0.1, 0.15) is 0 Å². The van der Waals surface area contributed by atoms with Crippen LogP contribution in [0, 0.1) is 0 Å². The van der Waals surface area contributed by atoms with Gasteiger partial charge in [0.05, 0.1) is 12.1 Å². The molecule has 0 atom stereocenters. The Balaban J connectivity index is 2.75. The number of nitrogens with one attached hydrogen (secondary N) is 1. The molecule has 1 aromatic rings. The molecule has 0 spiro atoms. The number of rotatable bonds is 7. The van der Waals surface area contributed by atoms with E-state index < -0.39 is 5.97 Å². The standard InChI is InChI=1S/C14H20N2O3/c1-3-15-13(17)10-16(4-2)9-11-7-5-6-8-12(11)14(18)19/h5-8H,3-4,9-10H2,1-2H3,(H,15,17)(H,18,19). The van der Waals surface area contributed by atoms with Gasteiger partial charge in [-0.05, 0) is 25.1 Å². The zero-order chi connectivity index (χ0) is 14.3. The number of carboxylic acids is 1. The highest BCUT2D eigenvalue weighted by molar-refractivity contribution is 5.89. The van der Waals surface area contributed by atoms with Crippen molar-refractivity contribution in [3.63, 3.8) is 0 Å².